The third-order valence-corrected chi connectivity index (χ3v) is 8.48. The summed E-state index contributed by atoms with van der Waals surface area (Å²) in [4.78, 5) is 14.7. The molecule has 4 nitrogen and oxygen atoms in total. The monoisotopic (exact) mass is 575 g/mol. The Morgan fingerprint density at radius 2 is 0.933 bits per heavy atom. The number of benzene rings is 7. The molecule has 9 rings (SSSR count). The second kappa shape index (κ2) is 10.2. The average Bonchev–Trinajstić information content (AvgIpc) is 3.48. The molecule has 0 atom stereocenters. The van der Waals surface area contributed by atoms with Crippen molar-refractivity contribution < 1.29 is 4.42 Å². The number of hydrogen-bond acceptors (Lipinski definition) is 4. The van der Waals surface area contributed by atoms with Gasteiger partial charge in [-0.15, -0.1) is 0 Å². The van der Waals surface area contributed by atoms with E-state index in [1.165, 1.54) is 16.2 Å². The molecular formula is C41H25N3O. The molecule has 9 aromatic rings. The topological polar surface area (TPSA) is 51.8 Å². The van der Waals surface area contributed by atoms with Gasteiger partial charge in [0.05, 0.1) is 0 Å². The van der Waals surface area contributed by atoms with Gasteiger partial charge in [0.1, 0.15) is 11.2 Å². The minimum absolute atomic E-state index is 0.602. The lowest BCUT2D eigenvalue weighted by Gasteiger charge is -2.10. The van der Waals surface area contributed by atoms with Crippen LogP contribution in [0.25, 0.3) is 88.8 Å². The highest BCUT2D eigenvalue weighted by Gasteiger charge is 2.19. The van der Waals surface area contributed by atoms with Crippen molar-refractivity contribution in [2.75, 3.05) is 0 Å². The van der Waals surface area contributed by atoms with E-state index in [1.54, 1.807) is 0 Å². The molecule has 7 aromatic carbocycles. The molecule has 0 fully saturated rings. The summed E-state index contributed by atoms with van der Waals surface area (Å²) in [6, 6.07) is 52.2. The van der Waals surface area contributed by atoms with Crippen LogP contribution >= 0.6 is 0 Å². The summed E-state index contributed by atoms with van der Waals surface area (Å²) in [7, 11) is 0. The van der Waals surface area contributed by atoms with Gasteiger partial charge in [-0.1, -0.05) is 127 Å². The van der Waals surface area contributed by atoms with Gasteiger partial charge in [-0.25, -0.2) is 15.0 Å². The molecule has 210 valence electrons. The lowest BCUT2D eigenvalue weighted by molar-refractivity contribution is 0.670. The highest BCUT2D eigenvalue weighted by Crippen LogP contribution is 2.42. The average molecular weight is 576 g/mol. The van der Waals surface area contributed by atoms with Crippen molar-refractivity contribution in [3.63, 3.8) is 0 Å². The van der Waals surface area contributed by atoms with Crippen LogP contribution in [0.15, 0.2) is 156 Å². The van der Waals surface area contributed by atoms with Crippen LogP contribution in [0.1, 0.15) is 0 Å². The van der Waals surface area contributed by atoms with Crippen molar-refractivity contribution in [1.29, 1.82) is 0 Å². The maximum atomic E-state index is 6.78. The maximum Gasteiger partial charge on any atom is 0.164 e. The zero-order valence-corrected chi connectivity index (χ0v) is 24.2. The van der Waals surface area contributed by atoms with Gasteiger partial charge >= 0.3 is 0 Å². The van der Waals surface area contributed by atoms with Gasteiger partial charge in [-0.2, -0.15) is 0 Å². The summed E-state index contributed by atoms with van der Waals surface area (Å²) < 4.78 is 6.78. The van der Waals surface area contributed by atoms with Gasteiger partial charge in [-0.05, 0) is 51.4 Å². The predicted molar refractivity (Wildman–Crippen MR) is 184 cm³/mol. The number of aromatic nitrogens is 3. The van der Waals surface area contributed by atoms with Crippen LogP contribution in [-0.2, 0) is 0 Å². The molecule has 0 spiro atoms. The van der Waals surface area contributed by atoms with Crippen molar-refractivity contribution in [1.82, 2.24) is 15.0 Å². The van der Waals surface area contributed by atoms with Crippen LogP contribution in [0.4, 0.5) is 0 Å². The summed E-state index contributed by atoms with van der Waals surface area (Å²) in [6.07, 6.45) is 0. The number of furan rings is 1. The number of rotatable bonds is 4. The lowest BCUT2D eigenvalue weighted by atomic mass is 9.93. The summed E-state index contributed by atoms with van der Waals surface area (Å²) in [5.41, 5.74) is 6.65. The van der Waals surface area contributed by atoms with Crippen LogP contribution < -0.4 is 0 Å². The van der Waals surface area contributed by atoms with Crippen molar-refractivity contribution in [3.05, 3.63) is 152 Å². The molecule has 0 aliphatic carbocycles. The molecule has 0 saturated heterocycles. The van der Waals surface area contributed by atoms with E-state index in [0.29, 0.717) is 17.5 Å². The molecule has 45 heavy (non-hydrogen) atoms. The Bertz CT molecular complexity index is 2480. The Morgan fingerprint density at radius 1 is 0.356 bits per heavy atom. The normalized spacial score (nSPS) is 11.6. The first-order valence-electron chi connectivity index (χ1n) is 15.0. The molecule has 4 heteroatoms. The highest BCUT2D eigenvalue weighted by molar-refractivity contribution is 6.19. The molecule has 0 bridgehead atoms. The molecule has 0 saturated carbocycles. The standard InChI is InChI=1S/C41H25N3O/c1-3-12-27(13-4-1)39-42-40(28-14-5-2-6-15-28)44-41(43-39)32-21-22-34-35-24-30-17-9-10-18-33(30)37(38(35)45-36(34)25-32)31-20-19-26-11-7-8-16-29(26)23-31/h1-25H. The Kier molecular flexibility index (Phi) is 5.78. The van der Waals surface area contributed by atoms with Crippen LogP contribution in [0.2, 0.25) is 0 Å². The van der Waals surface area contributed by atoms with Crippen molar-refractivity contribution in [2.24, 2.45) is 0 Å². The first-order chi connectivity index (χ1) is 22.3. The van der Waals surface area contributed by atoms with Crippen LogP contribution in [0.3, 0.4) is 0 Å². The molecule has 2 heterocycles. The molecule has 0 unspecified atom stereocenters. The SMILES string of the molecule is c1ccc(-c2nc(-c3ccccc3)nc(-c3ccc4c(c3)oc3c(-c5ccc6ccccc6c5)c5ccccc5cc34)n2)cc1. The Morgan fingerprint density at radius 3 is 1.64 bits per heavy atom. The van der Waals surface area contributed by atoms with Gasteiger partial charge in [0.15, 0.2) is 17.5 Å². The molecule has 0 radical (unpaired) electrons. The first kappa shape index (κ1) is 25.4. The quantitative estimate of drug-likeness (QED) is 0.209. The Balaban J connectivity index is 1.27. The fourth-order valence-electron chi connectivity index (χ4n) is 6.28. The fourth-order valence-corrected chi connectivity index (χ4v) is 6.28. The van der Waals surface area contributed by atoms with E-state index in [9.17, 15) is 0 Å². The van der Waals surface area contributed by atoms with E-state index in [0.717, 1.165) is 55.1 Å². The third-order valence-electron chi connectivity index (χ3n) is 8.48. The Labute approximate surface area is 259 Å². The second-order valence-corrected chi connectivity index (χ2v) is 11.3. The maximum absolute atomic E-state index is 6.78. The van der Waals surface area contributed by atoms with E-state index in [1.807, 2.05) is 60.7 Å². The minimum Gasteiger partial charge on any atom is -0.455 e. The van der Waals surface area contributed by atoms with Crippen molar-refractivity contribution in [3.8, 4) is 45.3 Å². The minimum atomic E-state index is 0.602. The summed E-state index contributed by atoms with van der Waals surface area (Å²) >= 11 is 0. The number of hydrogen-bond donors (Lipinski definition) is 0. The molecule has 0 aliphatic rings. The highest BCUT2D eigenvalue weighted by atomic mass is 16.3. The first-order valence-corrected chi connectivity index (χ1v) is 15.0. The largest absolute Gasteiger partial charge is 0.455 e. The fraction of sp³-hybridized carbons (Fsp3) is 0. The molecule has 0 N–H and O–H groups in total. The summed E-state index contributed by atoms with van der Waals surface area (Å²) in [5.74, 6) is 1.87. The predicted octanol–water partition coefficient (Wildman–Crippen LogP) is 10.7. The molecule has 0 amide bonds. The van der Waals surface area contributed by atoms with Crippen molar-refractivity contribution in [2.45, 2.75) is 0 Å². The molecule has 2 aromatic heterocycles. The van der Waals surface area contributed by atoms with Crippen LogP contribution in [0.5, 0.6) is 0 Å². The van der Waals surface area contributed by atoms with Gasteiger partial charge < -0.3 is 4.42 Å². The van der Waals surface area contributed by atoms with E-state index >= 15 is 0 Å². The number of nitrogens with zero attached hydrogens (tertiary/aromatic N) is 3. The van der Waals surface area contributed by atoms with E-state index < -0.39 is 0 Å². The smallest absolute Gasteiger partial charge is 0.164 e. The Hall–Kier alpha value is -6.13. The van der Waals surface area contributed by atoms with Crippen molar-refractivity contribution >= 4 is 43.5 Å². The lowest BCUT2D eigenvalue weighted by Crippen LogP contribution is -2.00. The summed E-state index contributed by atoms with van der Waals surface area (Å²) in [6.45, 7) is 0. The van der Waals surface area contributed by atoms with Gasteiger partial charge in [-0.3, -0.25) is 0 Å². The van der Waals surface area contributed by atoms with E-state index in [4.69, 9.17) is 19.4 Å². The van der Waals surface area contributed by atoms with Gasteiger partial charge in [0, 0.05) is 33.0 Å². The van der Waals surface area contributed by atoms with E-state index in [-0.39, 0.29) is 0 Å². The second-order valence-electron chi connectivity index (χ2n) is 11.3. The van der Waals surface area contributed by atoms with Crippen LogP contribution in [-0.4, -0.2) is 15.0 Å². The zero-order valence-electron chi connectivity index (χ0n) is 24.2. The zero-order chi connectivity index (χ0) is 29.7. The van der Waals surface area contributed by atoms with Crippen LogP contribution in [0, 0.1) is 0 Å². The third kappa shape index (κ3) is 4.35. The summed E-state index contributed by atoms with van der Waals surface area (Å²) in [5, 5.41) is 6.91. The van der Waals surface area contributed by atoms with Gasteiger partial charge in [0.25, 0.3) is 0 Å². The number of fused-ring (bicyclic) bond motifs is 5. The van der Waals surface area contributed by atoms with Gasteiger partial charge in [0.2, 0.25) is 0 Å². The molecule has 0 aliphatic heterocycles. The van der Waals surface area contributed by atoms with E-state index in [2.05, 4.69) is 91.0 Å². The molecular weight excluding hydrogens is 550 g/mol.